The summed E-state index contributed by atoms with van der Waals surface area (Å²) in [6.45, 7) is 1.86. The van der Waals surface area contributed by atoms with Crippen LogP contribution < -0.4 is 5.73 Å². The van der Waals surface area contributed by atoms with E-state index in [0.29, 0.717) is 5.56 Å². The van der Waals surface area contributed by atoms with Crippen LogP contribution in [0.4, 0.5) is 0 Å². The van der Waals surface area contributed by atoms with E-state index in [1.807, 2.05) is 19.1 Å². The lowest BCUT2D eigenvalue weighted by molar-refractivity contribution is 0.466. The number of phenols is 1. The number of hydrogen-bond acceptors (Lipinski definition) is 3. The van der Waals surface area contributed by atoms with Crippen LogP contribution in [0.25, 0.3) is 0 Å². The number of aryl methyl sites for hydroxylation is 1. The molecule has 3 heteroatoms. The summed E-state index contributed by atoms with van der Waals surface area (Å²) >= 11 is 0. The first-order valence-corrected chi connectivity index (χ1v) is 3.60. The van der Waals surface area contributed by atoms with Gasteiger partial charge < -0.3 is 10.8 Å². The van der Waals surface area contributed by atoms with Gasteiger partial charge in [-0.2, -0.15) is 5.26 Å². The molecule has 0 aliphatic heterocycles. The third-order valence-electron chi connectivity index (χ3n) is 1.66. The Morgan fingerprint density at radius 2 is 2.25 bits per heavy atom. The van der Waals surface area contributed by atoms with Crippen molar-refractivity contribution in [1.29, 1.82) is 5.26 Å². The maximum Gasteiger partial charge on any atom is 0.122 e. The van der Waals surface area contributed by atoms with Crippen LogP contribution in [0.5, 0.6) is 5.75 Å². The summed E-state index contributed by atoms with van der Waals surface area (Å²) in [7, 11) is 0. The van der Waals surface area contributed by atoms with Gasteiger partial charge >= 0.3 is 0 Å². The minimum Gasteiger partial charge on any atom is -0.508 e. The van der Waals surface area contributed by atoms with Gasteiger partial charge in [-0.1, -0.05) is 12.1 Å². The van der Waals surface area contributed by atoms with Gasteiger partial charge in [0.15, 0.2) is 0 Å². The summed E-state index contributed by atoms with van der Waals surface area (Å²) in [4.78, 5) is 0. The molecule has 1 rings (SSSR count). The molecule has 0 amide bonds. The second-order valence-electron chi connectivity index (χ2n) is 2.67. The van der Waals surface area contributed by atoms with Gasteiger partial charge in [-0.15, -0.1) is 0 Å². The van der Waals surface area contributed by atoms with Crippen molar-refractivity contribution < 1.29 is 5.11 Å². The molecule has 0 aliphatic carbocycles. The van der Waals surface area contributed by atoms with E-state index in [1.54, 1.807) is 12.1 Å². The topological polar surface area (TPSA) is 70.0 Å². The van der Waals surface area contributed by atoms with Crippen LogP contribution in [0.2, 0.25) is 0 Å². The first kappa shape index (κ1) is 8.57. The van der Waals surface area contributed by atoms with E-state index in [2.05, 4.69) is 0 Å². The van der Waals surface area contributed by atoms with Crippen molar-refractivity contribution in [2.24, 2.45) is 5.73 Å². The van der Waals surface area contributed by atoms with Crippen molar-refractivity contribution in [2.45, 2.75) is 13.0 Å². The van der Waals surface area contributed by atoms with E-state index in [1.165, 1.54) is 0 Å². The molecular weight excluding hydrogens is 152 g/mol. The second-order valence-corrected chi connectivity index (χ2v) is 2.67. The Kier molecular flexibility index (Phi) is 2.32. The maximum absolute atomic E-state index is 9.36. The van der Waals surface area contributed by atoms with Crippen molar-refractivity contribution in [3.63, 3.8) is 0 Å². The largest absolute Gasteiger partial charge is 0.508 e. The van der Waals surface area contributed by atoms with Gasteiger partial charge in [0.05, 0.1) is 6.07 Å². The molecule has 12 heavy (non-hydrogen) atoms. The number of phenolic OH excluding ortho intramolecular Hbond substituents is 1. The summed E-state index contributed by atoms with van der Waals surface area (Å²) < 4.78 is 0. The van der Waals surface area contributed by atoms with E-state index in [-0.39, 0.29) is 5.75 Å². The number of aromatic hydroxyl groups is 1. The zero-order valence-corrected chi connectivity index (χ0v) is 6.78. The minimum absolute atomic E-state index is 0.0871. The van der Waals surface area contributed by atoms with E-state index in [9.17, 15) is 5.11 Å². The standard InChI is InChI=1S/C9H10N2O/c1-6-2-3-7(8(11)5-10)9(12)4-6/h2-4,8,12H,11H2,1H3/t8-/m0/s1. The van der Waals surface area contributed by atoms with E-state index < -0.39 is 6.04 Å². The molecule has 0 aromatic heterocycles. The SMILES string of the molecule is Cc1ccc([C@@H](N)C#N)c(O)c1. The Morgan fingerprint density at radius 3 is 2.75 bits per heavy atom. The summed E-state index contributed by atoms with van der Waals surface area (Å²) in [6, 6.07) is 6.18. The molecule has 0 unspecified atom stereocenters. The van der Waals surface area contributed by atoms with E-state index >= 15 is 0 Å². The minimum atomic E-state index is -0.745. The number of rotatable bonds is 1. The average Bonchev–Trinajstić information content (AvgIpc) is 2.03. The number of hydrogen-bond donors (Lipinski definition) is 2. The first-order valence-electron chi connectivity index (χ1n) is 3.60. The van der Waals surface area contributed by atoms with Gasteiger partial charge in [0, 0.05) is 5.56 Å². The molecule has 3 N–H and O–H groups in total. The molecular formula is C9H10N2O. The highest BCUT2D eigenvalue weighted by Gasteiger charge is 2.08. The van der Waals surface area contributed by atoms with Crippen LogP contribution in [-0.4, -0.2) is 5.11 Å². The van der Waals surface area contributed by atoms with Crippen molar-refractivity contribution in [2.75, 3.05) is 0 Å². The van der Waals surface area contributed by atoms with Gasteiger partial charge in [0.25, 0.3) is 0 Å². The molecule has 0 radical (unpaired) electrons. The van der Waals surface area contributed by atoms with E-state index in [4.69, 9.17) is 11.0 Å². The highest BCUT2D eigenvalue weighted by atomic mass is 16.3. The predicted molar refractivity (Wildman–Crippen MR) is 45.4 cm³/mol. The molecule has 3 nitrogen and oxygen atoms in total. The summed E-state index contributed by atoms with van der Waals surface area (Å²) in [5, 5.41) is 17.9. The molecule has 62 valence electrons. The first-order chi connectivity index (χ1) is 5.65. The van der Waals surface area contributed by atoms with Crippen LogP contribution >= 0.6 is 0 Å². The lowest BCUT2D eigenvalue weighted by Gasteiger charge is -2.05. The Balaban J connectivity index is 3.11. The zero-order valence-electron chi connectivity index (χ0n) is 6.78. The van der Waals surface area contributed by atoms with Crippen LogP contribution in [0.1, 0.15) is 17.2 Å². The molecule has 1 atom stereocenters. The van der Waals surface area contributed by atoms with E-state index in [0.717, 1.165) is 5.56 Å². The monoisotopic (exact) mass is 162 g/mol. The summed E-state index contributed by atoms with van der Waals surface area (Å²) in [5.41, 5.74) is 6.84. The normalized spacial score (nSPS) is 12.1. The van der Waals surface area contributed by atoms with Crippen molar-refractivity contribution in [3.8, 4) is 11.8 Å². The molecule has 0 bridgehead atoms. The highest BCUT2D eigenvalue weighted by Crippen LogP contribution is 2.22. The average molecular weight is 162 g/mol. The fourth-order valence-corrected chi connectivity index (χ4v) is 0.986. The zero-order chi connectivity index (χ0) is 9.14. The smallest absolute Gasteiger partial charge is 0.122 e. The summed E-state index contributed by atoms with van der Waals surface area (Å²) in [5.74, 6) is 0.0871. The van der Waals surface area contributed by atoms with Crippen molar-refractivity contribution in [1.82, 2.24) is 0 Å². The van der Waals surface area contributed by atoms with Gasteiger partial charge in [0.2, 0.25) is 0 Å². The predicted octanol–water partition coefficient (Wildman–Crippen LogP) is 1.22. The van der Waals surface area contributed by atoms with Gasteiger partial charge in [-0.05, 0) is 18.6 Å². The second kappa shape index (κ2) is 3.24. The number of nitriles is 1. The lowest BCUT2D eigenvalue weighted by atomic mass is 10.1. The third-order valence-corrected chi connectivity index (χ3v) is 1.66. The number of benzene rings is 1. The molecule has 0 saturated carbocycles. The third kappa shape index (κ3) is 1.55. The van der Waals surface area contributed by atoms with Crippen LogP contribution in [-0.2, 0) is 0 Å². The van der Waals surface area contributed by atoms with Gasteiger partial charge in [-0.25, -0.2) is 0 Å². The van der Waals surface area contributed by atoms with Gasteiger partial charge in [-0.3, -0.25) is 0 Å². The highest BCUT2D eigenvalue weighted by molar-refractivity contribution is 5.39. The molecule has 1 aromatic rings. The number of nitrogens with two attached hydrogens (primary N) is 1. The van der Waals surface area contributed by atoms with Gasteiger partial charge in [0.1, 0.15) is 11.8 Å². The van der Waals surface area contributed by atoms with Crippen molar-refractivity contribution >= 4 is 0 Å². The Hall–Kier alpha value is -1.53. The Labute approximate surface area is 71.1 Å². The van der Waals surface area contributed by atoms with Crippen LogP contribution in [0.3, 0.4) is 0 Å². The molecule has 0 heterocycles. The molecule has 0 aliphatic rings. The lowest BCUT2D eigenvalue weighted by Crippen LogP contribution is -2.07. The fraction of sp³-hybridized carbons (Fsp3) is 0.222. The molecule has 0 spiro atoms. The summed E-state index contributed by atoms with van der Waals surface area (Å²) in [6.07, 6.45) is 0. The number of nitrogens with zero attached hydrogens (tertiary/aromatic N) is 1. The van der Waals surface area contributed by atoms with Crippen LogP contribution in [0, 0.1) is 18.3 Å². The van der Waals surface area contributed by atoms with Crippen LogP contribution in [0.15, 0.2) is 18.2 Å². The quantitative estimate of drug-likeness (QED) is 0.652. The molecule has 1 aromatic carbocycles. The van der Waals surface area contributed by atoms with Crippen molar-refractivity contribution in [3.05, 3.63) is 29.3 Å². The molecule has 0 saturated heterocycles. The Bertz CT molecular complexity index is 328. The Morgan fingerprint density at radius 1 is 1.58 bits per heavy atom. The fourth-order valence-electron chi connectivity index (χ4n) is 0.986. The molecule has 0 fully saturated rings. The maximum atomic E-state index is 9.36.